The summed E-state index contributed by atoms with van der Waals surface area (Å²) in [6, 6.07) is 16.0. The maximum atomic E-state index is 11.7. The number of hydrogen-bond donors (Lipinski definition) is 1. The first-order valence-corrected chi connectivity index (χ1v) is 12.0. The molecule has 0 aliphatic carbocycles. The molecule has 0 saturated heterocycles. The molecule has 0 heterocycles. The molecule has 6 heteroatoms. The fourth-order valence-corrected chi connectivity index (χ4v) is 6.37. The van der Waals surface area contributed by atoms with Crippen molar-refractivity contribution >= 4 is 34.1 Å². The van der Waals surface area contributed by atoms with Crippen LogP contribution in [0, 0.1) is 0 Å². The van der Waals surface area contributed by atoms with Gasteiger partial charge in [-0.3, -0.25) is 0 Å². The van der Waals surface area contributed by atoms with Crippen molar-refractivity contribution < 1.29 is 23.4 Å². The van der Waals surface area contributed by atoms with Crippen molar-refractivity contribution in [3.8, 4) is 5.75 Å². The van der Waals surface area contributed by atoms with Crippen molar-refractivity contribution in [1.29, 1.82) is 0 Å². The molecule has 5 nitrogen and oxygen atoms in total. The van der Waals surface area contributed by atoms with Crippen molar-refractivity contribution in [2.75, 3.05) is 40.2 Å². The van der Waals surface area contributed by atoms with Crippen LogP contribution in [0.4, 0.5) is 0 Å². The summed E-state index contributed by atoms with van der Waals surface area (Å²) in [5.74, 6) is 0.713. The van der Waals surface area contributed by atoms with E-state index in [-0.39, 0.29) is 0 Å². The first-order chi connectivity index (χ1) is 13.4. The molecule has 0 aromatic heterocycles. The monoisotopic (exact) mass is 404 g/mol. The molecule has 3 aromatic carbocycles. The third-order valence-corrected chi connectivity index (χ3v) is 7.96. The second-order valence-corrected chi connectivity index (χ2v) is 10.4. The summed E-state index contributed by atoms with van der Waals surface area (Å²) in [6.07, 6.45) is 0. The van der Waals surface area contributed by atoms with Gasteiger partial charge in [0, 0.05) is 0 Å². The van der Waals surface area contributed by atoms with Gasteiger partial charge < -0.3 is 0 Å². The van der Waals surface area contributed by atoms with Crippen LogP contribution in [0.3, 0.4) is 0 Å². The summed E-state index contributed by atoms with van der Waals surface area (Å²) >= 11 is 0. The van der Waals surface area contributed by atoms with Gasteiger partial charge in [-0.2, -0.15) is 0 Å². The zero-order valence-corrected chi connectivity index (χ0v) is 17.9. The Morgan fingerprint density at radius 1 is 0.893 bits per heavy atom. The van der Waals surface area contributed by atoms with E-state index in [4.69, 9.17) is 18.5 Å². The van der Waals surface area contributed by atoms with Gasteiger partial charge in [0.1, 0.15) is 0 Å². The summed E-state index contributed by atoms with van der Waals surface area (Å²) in [5.41, 5.74) is 0. The molecule has 0 spiro atoms. The van der Waals surface area contributed by atoms with Crippen LogP contribution >= 0.6 is 7.28 Å². The minimum atomic E-state index is -4.06. The van der Waals surface area contributed by atoms with Crippen molar-refractivity contribution in [3.05, 3.63) is 48.5 Å². The average Bonchev–Trinajstić information content (AvgIpc) is 2.67. The zero-order valence-electron chi connectivity index (χ0n) is 17.0. The number of benzene rings is 3. The van der Waals surface area contributed by atoms with E-state index in [2.05, 4.69) is 12.1 Å². The molecule has 0 bridgehead atoms. The Hall–Kier alpha value is -1.75. The molecule has 0 aliphatic heterocycles. The Balaban J connectivity index is 2.37. The third-order valence-electron chi connectivity index (χ3n) is 4.76. The molecule has 0 saturated carbocycles. The van der Waals surface area contributed by atoms with E-state index in [0.717, 1.165) is 21.5 Å². The van der Waals surface area contributed by atoms with Crippen LogP contribution in [0.25, 0.3) is 21.5 Å². The normalized spacial score (nSPS) is 13.5. The Morgan fingerprint density at radius 2 is 1.57 bits per heavy atom. The molecule has 0 fully saturated rings. The van der Waals surface area contributed by atoms with E-state index in [1.165, 1.54) is 0 Å². The number of hydrogen-bond acceptors (Lipinski definition) is 5. The molecular formula is C22H29O5P. The van der Waals surface area contributed by atoms with Crippen molar-refractivity contribution in [3.63, 3.8) is 0 Å². The Labute approximate surface area is 166 Å². The summed E-state index contributed by atoms with van der Waals surface area (Å²) < 4.78 is 23.2. The van der Waals surface area contributed by atoms with Crippen molar-refractivity contribution in [2.24, 2.45) is 0 Å². The Morgan fingerprint density at radius 3 is 2.25 bits per heavy atom. The van der Waals surface area contributed by atoms with Gasteiger partial charge in [0.25, 0.3) is 0 Å². The van der Waals surface area contributed by atoms with Crippen LogP contribution < -0.4 is 10.0 Å². The molecule has 3 aromatic rings. The number of rotatable bonds is 9. The Kier molecular flexibility index (Phi) is 6.23. The number of fused-ring (bicyclic) bond motifs is 2. The molecule has 152 valence electrons. The Bertz CT molecular complexity index is 960. The summed E-state index contributed by atoms with van der Waals surface area (Å²) in [4.78, 5) is 11.7. The van der Waals surface area contributed by atoms with Crippen molar-refractivity contribution in [2.45, 2.75) is 13.8 Å². The topological polar surface area (TPSA) is 57.2 Å². The van der Waals surface area contributed by atoms with E-state index in [9.17, 15) is 4.89 Å². The van der Waals surface area contributed by atoms with Gasteiger partial charge in [-0.1, -0.05) is 0 Å². The van der Waals surface area contributed by atoms with Gasteiger partial charge in [0.2, 0.25) is 0 Å². The summed E-state index contributed by atoms with van der Waals surface area (Å²) in [7, 11) is -2.42. The molecule has 0 atom stereocenters. The van der Waals surface area contributed by atoms with E-state index < -0.39 is 7.28 Å². The summed E-state index contributed by atoms with van der Waals surface area (Å²) in [5, 5.41) is 4.48. The van der Waals surface area contributed by atoms with Crippen molar-refractivity contribution in [1.82, 2.24) is 0 Å². The quantitative estimate of drug-likeness (QED) is 0.320. The van der Waals surface area contributed by atoms with Gasteiger partial charge >= 0.3 is 166 Å². The minimum absolute atomic E-state index is 0.342. The molecular weight excluding hydrogens is 375 g/mol. The first-order valence-electron chi connectivity index (χ1n) is 9.57. The SMILES string of the molecule is CCOP(C)(O)(OCC)c1cccc2cc3ccccc3c(OCCOC)c12. The standard InChI is InChI=1S/C22H29O5P/c1-5-26-28(4,23,27-6-2)20-13-9-11-18-16-17-10-7-8-12-19(17)22(21(18)20)25-15-14-24-3/h7-13,16,23H,5-6,14-15H2,1-4H3. The van der Waals surface area contributed by atoms with E-state index >= 15 is 0 Å². The zero-order chi connectivity index (χ0) is 20.2. The van der Waals surface area contributed by atoms with Gasteiger partial charge in [0.15, 0.2) is 0 Å². The van der Waals surface area contributed by atoms with Gasteiger partial charge in [-0.25, -0.2) is 0 Å². The van der Waals surface area contributed by atoms with E-state index in [1.54, 1.807) is 13.8 Å². The maximum absolute atomic E-state index is 11.7. The average molecular weight is 404 g/mol. The van der Waals surface area contributed by atoms with Gasteiger partial charge in [-0.15, -0.1) is 0 Å². The van der Waals surface area contributed by atoms with Crippen LogP contribution in [-0.4, -0.2) is 45.1 Å². The molecule has 0 unspecified atom stereocenters. The molecule has 1 N–H and O–H groups in total. The number of methoxy groups -OCH3 is 1. The molecule has 0 radical (unpaired) electrons. The van der Waals surface area contributed by atoms with Gasteiger partial charge in [0.05, 0.1) is 0 Å². The van der Waals surface area contributed by atoms with E-state index in [0.29, 0.717) is 37.5 Å². The van der Waals surface area contributed by atoms with E-state index in [1.807, 2.05) is 50.2 Å². The fraction of sp³-hybridized carbons (Fsp3) is 0.364. The van der Waals surface area contributed by atoms with Crippen LogP contribution in [0.1, 0.15) is 13.8 Å². The molecule has 3 rings (SSSR count). The predicted octanol–water partition coefficient (Wildman–Crippen LogP) is 4.64. The van der Waals surface area contributed by atoms with Crippen LogP contribution in [-0.2, 0) is 13.8 Å². The predicted molar refractivity (Wildman–Crippen MR) is 117 cm³/mol. The van der Waals surface area contributed by atoms with Crippen LogP contribution in [0.5, 0.6) is 5.75 Å². The van der Waals surface area contributed by atoms with Crippen LogP contribution in [0.15, 0.2) is 48.5 Å². The number of ether oxygens (including phenoxy) is 2. The second-order valence-electron chi connectivity index (χ2n) is 6.79. The van der Waals surface area contributed by atoms with Crippen LogP contribution in [0.2, 0.25) is 0 Å². The first kappa shape index (κ1) is 21.0. The molecule has 0 amide bonds. The third kappa shape index (κ3) is 3.86. The van der Waals surface area contributed by atoms with Gasteiger partial charge in [-0.05, 0) is 0 Å². The second kappa shape index (κ2) is 8.32. The molecule has 0 aliphatic rings. The fourth-order valence-electron chi connectivity index (χ4n) is 3.64. The molecule has 28 heavy (non-hydrogen) atoms. The summed E-state index contributed by atoms with van der Waals surface area (Å²) in [6.45, 7) is 6.96.